The Kier molecular flexibility index (Phi) is 7.82. The van der Waals surface area contributed by atoms with Crippen LogP contribution < -0.4 is 10.6 Å². The van der Waals surface area contributed by atoms with Gasteiger partial charge in [0, 0.05) is 6.42 Å². The SMILES string of the molecule is CN1[C@H](C(=O)O)[C@H]1C(=O)N[C@@H](Cc1ccccc1)C(=O)NCc1ccco1.[NaH]. The Labute approximate surface area is 184 Å². The van der Waals surface area contributed by atoms with Crippen LogP contribution in [0.1, 0.15) is 11.3 Å². The maximum atomic E-state index is 12.6. The Morgan fingerprint density at radius 3 is 2.43 bits per heavy atom. The molecule has 144 valence electrons. The quantitative estimate of drug-likeness (QED) is 0.420. The van der Waals surface area contributed by atoms with E-state index in [1.54, 1.807) is 19.2 Å². The molecule has 1 saturated heterocycles. The topological polar surface area (TPSA) is 112 Å². The fourth-order valence-electron chi connectivity index (χ4n) is 3.00. The van der Waals surface area contributed by atoms with Crippen molar-refractivity contribution in [2.75, 3.05) is 7.05 Å². The van der Waals surface area contributed by atoms with Gasteiger partial charge in [-0.3, -0.25) is 19.3 Å². The molecule has 3 rings (SSSR count). The van der Waals surface area contributed by atoms with Crippen molar-refractivity contribution in [1.29, 1.82) is 0 Å². The van der Waals surface area contributed by atoms with Crippen LogP contribution in [0.25, 0.3) is 0 Å². The van der Waals surface area contributed by atoms with E-state index in [0.717, 1.165) is 5.56 Å². The van der Waals surface area contributed by atoms with Gasteiger partial charge in [-0.15, -0.1) is 0 Å². The van der Waals surface area contributed by atoms with Gasteiger partial charge in [-0.05, 0) is 24.7 Å². The summed E-state index contributed by atoms with van der Waals surface area (Å²) >= 11 is 0. The Morgan fingerprint density at radius 1 is 1.14 bits per heavy atom. The normalized spacial score (nSPS) is 21.1. The van der Waals surface area contributed by atoms with Gasteiger partial charge in [-0.25, -0.2) is 0 Å². The molecular weight excluding hydrogens is 373 g/mol. The Hall–Kier alpha value is -2.13. The Morgan fingerprint density at radius 2 is 1.86 bits per heavy atom. The standard InChI is InChI=1S/C19H21N3O5.Na.H/c1-22-15(16(22)19(25)26)18(24)21-14(10-12-6-3-2-4-7-12)17(23)20-11-13-8-5-9-27-13;;/h2-9,14-16H,10-11H2,1H3,(H,20,23)(H,21,24)(H,25,26);;/t14-,15-,16-,22?;;/m0../s1. The van der Waals surface area contributed by atoms with Gasteiger partial charge in [0.15, 0.2) is 0 Å². The summed E-state index contributed by atoms with van der Waals surface area (Å²) in [6, 6.07) is 10.3. The van der Waals surface area contributed by atoms with Gasteiger partial charge in [0.05, 0.1) is 12.8 Å². The molecule has 2 heterocycles. The molecule has 0 aliphatic carbocycles. The first-order valence-corrected chi connectivity index (χ1v) is 8.56. The second-order valence-corrected chi connectivity index (χ2v) is 6.44. The summed E-state index contributed by atoms with van der Waals surface area (Å²) in [5.41, 5.74) is 0.884. The van der Waals surface area contributed by atoms with E-state index in [9.17, 15) is 14.4 Å². The molecule has 2 aromatic rings. The predicted octanol–water partition coefficient (Wildman–Crippen LogP) is -0.258. The molecule has 4 atom stereocenters. The predicted molar refractivity (Wildman–Crippen MR) is 103 cm³/mol. The number of nitrogens with zero attached hydrogens (tertiary/aromatic N) is 1. The second-order valence-electron chi connectivity index (χ2n) is 6.44. The number of nitrogens with one attached hydrogen (secondary N) is 2. The molecule has 1 fully saturated rings. The van der Waals surface area contributed by atoms with Crippen LogP contribution in [0.4, 0.5) is 0 Å². The molecule has 8 nitrogen and oxygen atoms in total. The number of carboxylic acid groups (broad SMARTS) is 1. The van der Waals surface area contributed by atoms with Gasteiger partial charge >= 0.3 is 35.5 Å². The summed E-state index contributed by atoms with van der Waals surface area (Å²) in [5, 5.41) is 14.5. The van der Waals surface area contributed by atoms with E-state index in [1.165, 1.54) is 11.2 Å². The average Bonchev–Trinajstić information content (AvgIpc) is 3.07. The number of furan rings is 1. The van der Waals surface area contributed by atoms with Crippen molar-refractivity contribution in [1.82, 2.24) is 15.5 Å². The Balaban J connectivity index is 0.00000280. The number of carbonyl (C=O) groups is 3. The molecular formula is C19H22N3NaO5. The average molecular weight is 395 g/mol. The molecule has 1 aliphatic heterocycles. The summed E-state index contributed by atoms with van der Waals surface area (Å²) in [7, 11) is 1.56. The molecule has 3 N–H and O–H groups in total. The molecule has 1 unspecified atom stereocenters. The van der Waals surface area contributed by atoms with Crippen LogP contribution in [-0.2, 0) is 27.3 Å². The summed E-state index contributed by atoms with van der Waals surface area (Å²) in [4.78, 5) is 37.6. The molecule has 0 spiro atoms. The summed E-state index contributed by atoms with van der Waals surface area (Å²) in [5.74, 6) is -1.29. The first-order valence-electron chi connectivity index (χ1n) is 8.56. The van der Waals surface area contributed by atoms with Gasteiger partial charge in [0.2, 0.25) is 11.8 Å². The van der Waals surface area contributed by atoms with Crippen molar-refractivity contribution in [3.63, 3.8) is 0 Å². The number of likely N-dealkylation sites (N-methyl/N-ethyl adjacent to an activating group) is 1. The molecule has 9 heteroatoms. The summed E-state index contributed by atoms with van der Waals surface area (Å²) in [6.07, 6.45) is 1.81. The van der Waals surface area contributed by atoms with E-state index in [4.69, 9.17) is 9.52 Å². The molecule has 28 heavy (non-hydrogen) atoms. The first-order chi connectivity index (χ1) is 13.0. The zero-order chi connectivity index (χ0) is 19.4. The zero-order valence-electron chi connectivity index (χ0n) is 14.8. The van der Waals surface area contributed by atoms with Crippen LogP contribution in [0.2, 0.25) is 0 Å². The number of carboxylic acids is 1. The van der Waals surface area contributed by atoms with E-state index in [-0.39, 0.29) is 42.0 Å². The molecule has 0 saturated carbocycles. The van der Waals surface area contributed by atoms with Gasteiger partial charge in [0.25, 0.3) is 0 Å². The van der Waals surface area contributed by atoms with Crippen LogP contribution in [0.15, 0.2) is 53.1 Å². The van der Waals surface area contributed by atoms with E-state index in [0.29, 0.717) is 12.2 Å². The molecule has 1 aliphatic rings. The van der Waals surface area contributed by atoms with Crippen LogP contribution in [0.5, 0.6) is 0 Å². The van der Waals surface area contributed by atoms with Crippen molar-refractivity contribution in [3.8, 4) is 0 Å². The van der Waals surface area contributed by atoms with Gasteiger partial charge < -0.3 is 20.2 Å². The molecule has 1 aromatic heterocycles. The fraction of sp³-hybridized carbons (Fsp3) is 0.316. The van der Waals surface area contributed by atoms with E-state index < -0.39 is 30.0 Å². The number of hydrogen-bond donors (Lipinski definition) is 3. The number of carbonyl (C=O) groups excluding carboxylic acids is 2. The molecule has 1 aromatic carbocycles. The third-order valence-electron chi connectivity index (χ3n) is 4.54. The maximum absolute atomic E-state index is 12.6. The zero-order valence-corrected chi connectivity index (χ0v) is 14.8. The van der Waals surface area contributed by atoms with Crippen molar-refractivity contribution in [2.45, 2.75) is 31.1 Å². The number of rotatable bonds is 8. The van der Waals surface area contributed by atoms with Crippen LogP contribution in [0, 0.1) is 0 Å². The van der Waals surface area contributed by atoms with E-state index in [1.807, 2.05) is 30.3 Å². The van der Waals surface area contributed by atoms with Crippen molar-refractivity contribution < 1.29 is 23.9 Å². The molecule has 0 bridgehead atoms. The fourth-order valence-corrected chi connectivity index (χ4v) is 3.00. The van der Waals surface area contributed by atoms with Gasteiger partial charge in [-0.2, -0.15) is 0 Å². The monoisotopic (exact) mass is 395 g/mol. The number of aliphatic carboxylic acids is 1. The Bertz CT molecular complexity index is 812. The van der Waals surface area contributed by atoms with E-state index in [2.05, 4.69) is 10.6 Å². The van der Waals surface area contributed by atoms with Crippen molar-refractivity contribution in [3.05, 3.63) is 60.1 Å². The van der Waals surface area contributed by atoms with Crippen LogP contribution in [-0.4, -0.2) is 82.5 Å². The minimum atomic E-state index is -1.06. The van der Waals surface area contributed by atoms with Crippen molar-refractivity contribution >= 4 is 47.3 Å². The summed E-state index contributed by atoms with van der Waals surface area (Å²) < 4.78 is 5.19. The first kappa shape index (κ1) is 22.2. The molecule has 0 radical (unpaired) electrons. The van der Waals surface area contributed by atoms with Crippen LogP contribution in [0.3, 0.4) is 0 Å². The number of hydrogen-bond acceptors (Lipinski definition) is 5. The van der Waals surface area contributed by atoms with Crippen LogP contribution >= 0.6 is 0 Å². The van der Waals surface area contributed by atoms with Gasteiger partial charge in [0.1, 0.15) is 23.9 Å². The van der Waals surface area contributed by atoms with Gasteiger partial charge in [-0.1, -0.05) is 30.3 Å². The third-order valence-corrected chi connectivity index (χ3v) is 4.54. The third kappa shape index (κ3) is 5.45. The summed E-state index contributed by atoms with van der Waals surface area (Å²) in [6.45, 7) is 0.202. The van der Waals surface area contributed by atoms with Crippen molar-refractivity contribution in [2.24, 2.45) is 0 Å². The number of amides is 2. The second kappa shape index (κ2) is 9.88. The minimum absolute atomic E-state index is 0. The number of benzene rings is 1. The van der Waals surface area contributed by atoms with E-state index >= 15 is 0 Å². The molecule has 2 amide bonds.